The fraction of sp³-hybridized carbons (Fsp3) is 0.0333. The number of aryl methyl sites for hydroxylation is 1. The zero-order chi connectivity index (χ0) is 32.2. The van der Waals surface area contributed by atoms with Gasteiger partial charge in [-0.05, 0) is 91.9 Å². The quantitative estimate of drug-likeness (QED) is 0.143. The predicted octanol–water partition coefficient (Wildman–Crippen LogP) is 1.44. The van der Waals surface area contributed by atoms with Crippen molar-refractivity contribution < 1.29 is 68.5 Å². The Hall–Kier alpha value is -4.16. The Morgan fingerprint density at radius 1 is 0.553 bits per heavy atom. The largest absolute Gasteiger partial charge is 1.00 e. The average Bonchev–Trinajstić information content (AvgIpc) is 3.00. The van der Waals surface area contributed by atoms with Crippen molar-refractivity contribution in [2.75, 3.05) is 10.6 Å². The number of nitrogens with zero attached hydrogens (tertiary/aromatic N) is 4. The van der Waals surface area contributed by atoms with Gasteiger partial charge in [0, 0.05) is 22.1 Å². The van der Waals surface area contributed by atoms with Gasteiger partial charge in [0.1, 0.15) is 20.2 Å². The van der Waals surface area contributed by atoms with E-state index in [9.17, 15) is 30.7 Å². The minimum atomic E-state index is -4.79. The molecule has 0 unspecified atom stereocenters. The molecule has 0 spiro atoms. The van der Waals surface area contributed by atoms with Crippen molar-refractivity contribution in [1.29, 1.82) is 0 Å². The first-order chi connectivity index (χ1) is 21.3. The van der Waals surface area contributed by atoms with Gasteiger partial charge in [-0.1, -0.05) is 23.8 Å². The Labute approximate surface area is 294 Å². The topological polar surface area (TPSA) is 205 Å². The number of urea groups is 1. The molecule has 2 amide bonds. The Balaban J connectivity index is 0.00000300. The Morgan fingerprint density at radius 3 is 1.47 bits per heavy atom. The molecule has 0 radical (unpaired) electrons. The third-order valence-electron chi connectivity index (χ3n) is 6.34. The van der Waals surface area contributed by atoms with E-state index < -0.39 is 36.1 Å². The van der Waals surface area contributed by atoms with Gasteiger partial charge in [0.25, 0.3) is 0 Å². The smallest absolute Gasteiger partial charge is 0.744 e. The molecule has 5 aromatic carbocycles. The fourth-order valence-corrected chi connectivity index (χ4v) is 5.04. The van der Waals surface area contributed by atoms with E-state index in [1.54, 1.807) is 42.5 Å². The van der Waals surface area contributed by atoms with Crippen LogP contribution in [-0.4, -0.2) is 32.0 Å². The molecule has 5 rings (SSSR count). The minimum absolute atomic E-state index is 0. The maximum absolute atomic E-state index is 12.3. The number of amides is 2. The van der Waals surface area contributed by atoms with Crippen molar-refractivity contribution in [2.24, 2.45) is 20.5 Å². The first-order valence-electron chi connectivity index (χ1n) is 13.0. The normalized spacial score (nSPS) is 11.6. The molecule has 47 heavy (non-hydrogen) atoms. The molecule has 0 aromatic heterocycles. The summed E-state index contributed by atoms with van der Waals surface area (Å²) in [6.45, 7) is 1.95. The van der Waals surface area contributed by atoms with Crippen LogP contribution in [0.15, 0.2) is 133 Å². The third kappa shape index (κ3) is 9.92. The number of hydrogen-bond acceptors (Lipinski definition) is 11. The second-order valence-electron chi connectivity index (χ2n) is 9.61. The van der Waals surface area contributed by atoms with Gasteiger partial charge in [0.05, 0.1) is 32.5 Å². The maximum atomic E-state index is 12.3. The summed E-state index contributed by atoms with van der Waals surface area (Å²) in [6.07, 6.45) is 0. The van der Waals surface area contributed by atoms with E-state index in [4.69, 9.17) is 0 Å². The zero-order valence-corrected chi connectivity index (χ0v) is 26.9. The van der Waals surface area contributed by atoms with E-state index in [1.807, 2.05) is 19.1 Å². The third-order valence-corrected chi connectivity index (χ3v) is 8.02. The molecule has 0 atom stereocenters. The van der Waals surface area contributed by atoms with Crippen molar-refractivity contribution in [1.82, 2.24) is 0 Å². The van der Waals surface area contributed by atoms with E-state index >= 15 is 0 Å². The molecular formula is C30H22Li2N6O7S2. The zero-order valence-electron chi connectivity index (χ0n) is 25.3. The molecule has 0 saturated carbocycles. The number of azo groups is 2. The van der Waals surface area contributed by atoms with Crippen molar-refractivity contribution in [3.63, 3.8) is 0 Å². The van der Waals surface area contributed by atoms with Crippen molar-refractivity contribution in [3.05, 3.63) is 109 Å². The Morgan fingerprint density at radius 2 is 0.979 bits per heavy atom. The molecule has 13 nitrogen and oxygen atoms in total. The summed E-state index contributed by atoms with van der Waals surface area (Å²) in [4.78, 5) is 11.4. The Kier molecular flexibility index (Phi) is 12.4. The van der Waals surface area contributed by atoms with Crippen molar-refractivity contribution in [2.45, 2.75) is 16.7 Å². The van der Waals surface area contributed by atoms with Crippen molar-refractivity contribution >= 4 is 71.2 Å². The molecule has 5 aromatic rings. The summed E-state index contributed by atoms with van der Waals surface area (Å²) >= 11 is 0. The molecule has 17 heteroatoms. The SMILES string of the molecule is Cc1ccc(NC(=O)Nc2ccc(N=Nc3ccc(N=Nc4ccc(S(=O)(=O)[O-])cc4)c4cc(S(=O)(=O)[O-])ccc34)cc2)cc1.[Li+].[Li+]. The van der Waals surface area contributed by atoms with Gasteiger partial charge in [-0.2, -0.15) is 10.2 Å². The van der Waals surface area contributed by atoms with Crippen LogP contribution < -0.4 is 48.4 Å². The van der Waals surface area contributed by atoms with Crippen LogP contribution in [0.4, 0.5) is 38.9 Å². The number of carbonyl (C=O) groups is 1. The Bertz CT molecular complexity index is 2180. The van der Waals surface area contributed by atoms with Crippen LogP contribution in [0.2, 0.25) is 0 Å². The first kappa shape index (κ1) is 37.3. The number of benzene rings is 5. The van der Waals surface area contributed by atoms with Crippen LogP contribution in [0.1, 0.15) is 5.56 Å². The second-order valence-corrected chi connectivity index (χ2v) is 12.4. The van der Waals surface area contributed by atoms with Gasteiger partial charge in [-0.15, -0.1) is 10.2 Å². The summed E-state index contributed by atoms with van der Waals surface area (Å²) < 4.78 is 68.6. The van der Waals surface area contributed by atoms with Gasteiger partial charge in [0.15, 0.2) is 0 Å². The molecular weight excluding hydrogens is 634 g/mol. The molecule has 0 aliphatic carbocycles. The van der Waals surface area contributed by atoms with E-state index in [0.717, 1.165) is 29.8 Å². The number of fused-ring (bicyclic) bond motifs is 1. The average molecular weight is 657 g/mol. The molecule has 0 heterocycles. The summed E-state index contributed by atoms with van der Waals surface area (Å²) in [7, 11) is -9.43. The van der Waals surface area contributed by atoms with Crippen LogP contribution in [0.5, 0.6) is 0 Å². The molecule has 0 saturated heterocycles. The fourth-order valence-electron chi connectivity index (χ4n) is 4.07. The van der Waals surface area contributed by atoms with Crippen LogP contribution in [0, 0.1) is 6.92 Å². The predicted molar refractivity (Wildman–Crippen MR) is 165 cm³/mol. The van der Waals surface area contributed by atoms with E-state index in [2.05, 4.69) is 31.1 Å². The summed E-state index contributed by atoms with van der Waals surface area (Å²) in [5.41, 5.74) is 3.45. The van der Waals surface area contributed by atoms with Crippen LogP contribution in [0.3, 0.4) is 0 Å². The van der Waals surface area contributed by atoms with Crippen LogP contribution in [-0.2, 0) is 20.2 Å². The second kappa shape index (κ2) is 15.6. The van der Waals surface area contributed by atoms with Crippen LogP contribution >= 0.6 is 0 Å². The van der Waals surface area contributed by atoms with E-state index in [0.29, 0.717) is 28.1 Å². The standard InChI is InChI=1S/C30H24N6O7S2.2Li/c1-19-2-4-20(5-3-19)31-30(37)32-21-6-8-22(9-7-21)33-35-28-16-17-29(27-18-25(45(41,42)43)14-15-26(27)28)36-34-23-10-12-24(13-11-23)44(38,39)40;;/h2-18H,1H3,(H2,31,32,37)(H,38,39,40)(H,41,42,43);;/q;2*+1/p-2. The number of anilines is 2. The molecule has 0 fully saturated rings. The minimum Gasteiger partial charge on any atom is -0.744 e. The van der Waals surface area contributed by atoms with Gasteiger partial charge in [-0.25, -0.2) is 21.6 Å². The van der Waals surface area contributed by atoms with Crippen molar-refractivity contribution in [3.8, 4) is 0 Å². The maximum Gasteiger partial charge on any atom is 1.00 e. The summed E-state index contributed by atoms with van der Waals surface area (Å²) in [5.74, 6) is 0. The van der Waals surface area contributed by atoms with E-state index in [1.165, 1.54) is 24.3 Å². The number of rotatable bonds is 8. The number of carbonyl (C=O) groups excluding carboxylic acids is 1. The first-order valence-corrected chi connectivity index (χ1v) is 15.8. The molecule has 2 N–H and O–H groups in total. The molecule has 0 bridgehead atoms. The van der Waals surface area contributed by atoms with Gasteiger partial charge < -0.3 is 19.7 Å². The molecule has 228 valence electrons. The van der Waals surface area contributed by atoms with Gasteiger partial charge >= 0.3 is 43.8 Å². The number of nitrogens with one attached hydrogen (secondary N) is 2. The van der Waals surface area contributed by atoms with Gasteiger partial charge in [0.2, 0.25) is 0 Å². The monoisotopic (exact) mass is 656 g/mol. The number of hydrogen-bond donors (Lipinski definition) is 2. The van der Waals surface area contributed by atoms with Gasteiger partial charge in [-0.3, -0.25) is 0 Å². The van der Waals surface area contributed by atoms with E-state index in [-0.39, 0.29) is 54.5 Å². The molecule has 0 aliphatic rings. The summed E-state index contributed by atoms with van der Waals surface area (Å²) in [6, 6.07) is 25.0. The molecule has 0 aliphatic heterocycles. The van der Waals surface area contributed by atoms with Crippen LogP contribution in [0.25, 0.3) is 10.8 Å². The summed E-state index contributed by atoms with van der Waals surface area (Å²) in [5, 5.41) is 22.8.